The maximum atomic E-state index is 12.3. The van der Waals surface area contributed by atoms with Gasteiger partial charge in [-0.3, -0.25) is 4.79 Å². The molecule has 2 spiro atoms. The van der Waals surface area contributed by atoms with Gasteiger partial charge in [-0.2, -0.15) is 0 Å². The van der Waals surface area contributed by atoms with E-state index in [2.05, 4.69) is 32.1 Å². The molecule has 2 aliphatic heterocycles. The van der Waals surface area contributed by atoms with Gasteiger partial charge in [0.15, 0.2) is 4.34 Å². The molecule has 8 heteroatoms. The van der Waals surface area contributed by atoms with Crippen LogP contribution in [-0.2, 0) is 4.79 Å². The standard InChI is InChI=1S/C20H31N5OS2/c1-14-10-20(8-3-9-20)13-25(14)28-18-24-23-17(27-18)22-16(26)5-4-15-11-19(12-21-15)6-2-7-19/h14-15,21H,2-13H2,1H3,(H,22,23,26). The topological polar surface area (TPSA) is 70.2 Å². The molecule has 2 saturated carbocycles. The van der Waals surface area contributed by atoms with Gasteiger partial charge in [-0.05, 0) is 74.6 Å². The first-order valence-corrected chi connectivity index (χ1v) is 12.4. The number of hydrogen-bond donors (Lipinski definition) is 2. The van der Waals surface area contributed by atoms with E-state index in [0.717, 1.165) is 23.8 Å². The van der Waals surface area contributed by atoms with Crippen molar-refractivity contribution >= 4 is 34.3 Å². The lowest BCUT2D eigenvalue weighted by Gasteiger charge is -2.37. The van der Waals surface area contributed by atoms with Crippen molar-refractivity contribution in [1.29, 1.82) is 0 Å². The first-order valence-electron chi connectivity index (χ1n) is 10.8. The molecule has 4 fully saturated rings. The van der Waals surface area contributed by atoms with E-state index >= 15 is 0 Å². The van der Waals surface area contributed by atoms with E-state index in [9.17, 15) is 4.79 Å². The Morgan fingerprint density at radius 1 is 1.25 bits per heavy atom. The van der Waals surface area contributed by atoms with Gasteiger partial charge in [-0.25, -0.2) is 4.31 Å². The summed E-state index contributed by atoms with van der Waals surface area (Å²) >= 11 is 3.22. The van der Waals surface area contributed by atoms with Crippen LogP contribution >= 0.6 is 23.3 Å². The molecule has 154 valence electrons. The van der Waals surface area contributed by atoms with Crippen molar-refractivity contribution in [2.45, 2.75) is 87.6 Å². The zero-order chi connectivity index (χ0) is 19.2. The number of anilines is 1. The van der Waals surface area contributed by atoms with Crippen LogP contribution in [0.5, 0.6) is 0 Å². The number of nitrogens with zero attached hydrogens (tertiary/aromatic N) is 3. The summed E-state index contributed by atoms with van der Waals surface area (Å²) in [6, 6.07) is 1.09. The van der Waals surface area contributed by atoms with Crippen molar-refractivity contribution in [2.24, 2.45) is 10.8 Å². The Bertz CT molecular complexity index is 730. The fraction of sp³-hybridized carbons (Fsp3) is 0.850. The molecule has 1 aromatic rings. The highest BCUT2D eigenvalue weighted by Crippen LogP contribution is 2.52. The number of carbonyl (C=O) groups is 1. The van der Waals surface area contributed by atoms with Gasteiger partial charge in [0.2, 0.25) is 11.0 Å². The molecular formula is C20H31N5OS2. The van der Waals surface area contributed by atoms with Crippen LogP contribution in [-0.4, -0.2) is 45.6 Å². The fourth-order valence-corrected chi connectivity index (χ4v) is 7.65. The van der Waals surface area contributed by atoms with Crippen LogP contribution in [0.3, 0.4) is 0 Å². The molecule has 5 rings (SSSR count). The molecule has 2 N–H and O–H groups in total. The predicted octanol–water partition coefficient (Wildman–Crippen LogP) is 4.06. The van der Waals surface area contributed by atoms with Gasteiger partial charge < -0.3 is 10.6 Å². The summed E-state index contributed by atoms with van der Waals surface area (Å²) in [6.07, 6.45) is 12.3. The molecule has 1 amide bonds. The first-order chi connectivity index (χ1) is 13.5. The summed E-state index contributed by atoms with van der Waals surface area (Å²) in [5.74, 6) is 0.0621. The van der Waals surface area contributed by atoms with Gasteiger partial charge in [0.1, 0.15) is 0 Å². The van der Waals surface area contributed by atoms with Gasteiger partial charge in [0, 0.05) is 31.6 Å². The second kappa shape index (κ2) is 7.52. The molecule has 28 heavy (non-hydrogen) atoms. The number of carbonyl (C=O) groups excluding carboxylic acids is 1. The summed E-state index contributed by atoms with van der Waals surface area (Å²) in [6.45, 7) is 4.62. The number of rotatable bonds is 6. The van der Waals surface area contributed by atoms with Crippen LogP contribution < -0.4 is 10.6 Å². The van der Waals surface area contributed by atoms with E-state index in [1.165, 1.54) is 62.7 Å². The Morgan fingerprint density at radius 2 is 2.04 bits per heavy atom. The van der Waals surface area contributed by atoms with Crippen molar-refractivity contribution in [2.75, 3.05) is 18.4 Å². The van der Waals surface area contributed by atoms with Crippen molar-refractivity contribution in [1.82, 2.24) is 19.8 Å². The molecule has 2 aliphatic carbocycles. The number of aromatic nitrogens is 2. The Balaban J connectivity index is 1.07. The van der Waals surface area contributed by atoms with E-state index in [1.807, 2.05) is 0 Å². The van der Waals surface area contributed by atoms with Crippen LogP contribution in [0.15, 0.2) is 4.34 Å². The van der Waals surface area contributed by atoms with Gasteiger partial charge in [0.25, 0.3) is 0 Å². The Kier molecular flexibility index (Phi) is 5.18. The van der Waals surface area contributed by atoms with E-state index in [-0.39, 0.29) is 5.91 Å². The summed E-state index contributed by atoms with van der Waals surface area (Å²) < 4.78 is 3.40. The lowest BCUT2D eigenvalue weighted by molar-refractivity contribution is -0.116. The van der Waals surface area contributed by atoms with Crippen molar-refractivity contribution in [3.05, 3.63) is 0 Å². The van der Waals surface area contributed by atoms with Crippen molar-refractivity contribution in [3.8, 4) is 0 Å². The van der Waals surface area contributed by atoms with Crippen LogP contribution in [0.25, 0.3) is 0 Å². The fourth-order valence-electron chi connectivity index (χ4n) is 5.61. The van der Waals surface area contributed by atoms with E-state index in [0.29, 0.717) is 34.5 Å². The molecule has 3 heterocycles. The molecular weight excluding hydrogens is 390 g/mol. The Morgan fingerprint density at radius 3 is 2.68 bits per heavy atom. The number of amides is 1. The largest absolute Gasteiger partial charge is 0.313 e. The van der Waals surface area contributed by atoms with Gasteiger partial charge in [0.05, 0.1) is 0 Å². The number of hydrogen-bond acceptors (Lipinski definition) is 7. The van der Waals surface area contributed by atoms with Crippen LogP contribution in [0.1, 0.15) is 71.1 Å². The lowest BCUT2D eigenvalue weighted by Crippen LogP contribution is -2.31. The molecule has 2 atom stereocenters. The second-order valence-electron chi connectivity index (χ2n) is 9.67. The average molecular weight is 422 g/mol. The van der Waals surface area contributed by atoms with Gasteiger partial charge in [-0.15, -0.1) is 10.2 Å². The highest BCUT2D eigenvalue weighted by molar-refractivity contribution is 7.98. The highest BCUT2D eigenvalue weighted by atomic mass is 32.2. The zero-order valence-electron chi connectivity index (χ0n) is 16.7. The minimum Gasteiger partial charge on any atom is -0.313 e. The molecule has 0 radical (unpaired) electrons. The van der Waals surface area contributed by atoms with Gasteiger partial charge in [-0.1, -0.05) is 24.2 Å². The quantitative estimate of drug-likeness (QED) is 0.533. The third-order valence-corrected chi connectivity index (χ3v) is 9.62. The summed E-state index contributed by atoms with van der Waals surface area (Å²) in [4.78, 5) is 12.3. The van der Waals surface area contributed by atoms with E-state index in [4.69, 9.17) is 0 Å². The summed E-state index contributed by atoms with van der Waals surface area (Å²) in [5.41, 5.74) is 1.14. The molecule has 4 aliphatic rings. The van der Waals surface area contributed by atoms with Crippen molar-refractivity contribution in [3.63, 3.8) is 0 Å². The van der Waals surface area contributed by atoms with E-state index < -0.39 is 0 Å². The molecule has 2 unspecified atom stereocenters. The Hall–Kier alpha value is -0.700. The molecule has 6 nitrogen and oxygen atoms in total. The summed E-state index contributed by atoms with van der Waals surface area (Å²) in [7, 11) is 0. The molecule has 0 bridgehead atoms. The monoisotopic (exact) mass is 421 g/mol. The minimum atomic E-state index is 0.0621. The first kappa shape index (κ1) is 19.3. The predicted molar refractivity (Wildman–Crippen MR) is 113 cm³/mol. The maximum absolute atomic E-state index is 12.3. The molecule has 2 saturated heterocycles. The zero-order valence-corrected chi connectivity index (χ0v) is 18.3. The number of nitrogens with one attached hydrogen (secondary N) is 2. The second-order valence-corrected chi connectivity index (χ2v) is 11.9. The third-order valence-electron chi connectivity index (χ3n) is 7.55. The third kappa shape index (κ3) is 3.85. The van der Waals surface area contributed by atoms with E-state index in [1.54, 1.807) is 11.9 Å². The smallest absolute Gasteiger partial charge is 0.226 e. The van der Waals surface area contributed by atoms with Crippen LogP contribution in [0.4, 0.5) is 5.13 Å². The normalized spacial score (nSPS) is 30.5. The van der Waals surface area contributed by atoms with Crippen LogP contribution in [0, 0.1) is 10.8 Å². The maximum Gasteiger partial charge on any atom is 0.226 e. The minimum absolute atomic E-state index is 0.0621. The van der Waals surface area contributed by atoms with Crippen LogP contribution in [0.2, 0.25) is 0 Å². The lowest BCUT2D eigenvalue weighted by atomic mass is 9.67. The molecule has 1 aromatic heterocycles. The van der Waals surface area contributed by atoms with Crippen molar-refractivity contribution < 1.29 is 4.79 Å². The average Bonchev–Trinajstić information content (AvgIpc) is 3.31. The van der Waals surface area contributed by atoms with Gasteiger partial charge >= 0.3 is 0 Å². The highest BCUT2D eigenvalue weighted by Gasteiger charge is 2.46. The summed E-state index contributed by atoms with van der Waals surface area (Å²) in [5, 5.41) is 15.7. The SMILES string of the molecule is CC1CC2(CCC2)CN1Sc1nnc(NC(=O)CCC2CC3(CCC3)CN2)s1. The molecule has 0 aromatic carbocycles. The Labute approximate surface area is 175 Å².